The Labute approximate surface area is 107 Å². The molecule has 2 aliphatic heterocycles. The van der Waals surface area contributed by atoms with Crippen LogP contribution in [0.15, 0.2) is 42.5 Å². The molecule has 0 aliphatic carbocycles. The van der Waals surface area contributed by atoms with Crippen LogP contribution in [0.4, 0.5) is 0 Å². The van der Waals surface area contributed by atoms with Gasteiger partial charge in [-0.1, -0.05) is 30.4 Å². The maximum absolute atomic E-state index is 5.70. The fraction of sp³-hybridized carbons (Fsp3) is 0.400. The van der Waals surface area contributed by atoms with Crippen LogP contribution in [0.25, 0.3) is 0 Å². The maximum Gasteiger partial charge on any atom is 0.103 e. The largest absolute Gasteiger partial charge is 0.368 e. The zero-order chi connectivity index (χ0) is 12.2. The molecule has 3 heterocycles. The van der Waals surface area contributed by atoms with Crippen molar-refractivity contribution in [2.24, 2.45) is 0 Å². The molecule has 3 nitrogen and oxygen atoms in total. The summed E-state index contributed by atoms with van der Waals surface area (Å²) >= 11 is 0. The molecule has 2 unspecified atom stereocenters. The molecule has 94 valence electrons. The summed E-state index contributed by atoms with van der Waals surface area (Å²) in [4.78, 5) is 4.70. The van der Waals surface area contributed by atoms with Gasteiger partial charge in [-0.3, -0.25) is 4.98 Å². The van der Waals surface area contributed by atoms with Crippen LogP contribution in [0.2, 0.25) is 0 Å². The quantitative estimate of drug-likeness (QED) is 0.748. The van der Waals surface area contributed by atoms with Crippen molar-refractivity contribution >= 4 is 0 Å². The van der Waals surface area contributed by atoms with Gasteiger partial charge in [0.15, 0.2) is 0 Å². The van der Waals surface area contributed by atoms with Crippen LogP contribution in [0.1, 0.15) is 36.4 Å². The second-order valence-electron chi connectivity index (χ2n) is 4.55. The lowest BCUT2D eigenvalue weighted by Gasteiger charge is -2.22. The topological polar surface area (TPSA) is 31.4 Å². The molecule has 0 bridgehead atoms. The Morgan fingerprint density at radius 1 is 0.833 bits per heavy atom. The van der Waals surface area contributed by atoms with Gasteiger partial charge in [0.05, 0.1) is 24.6 Å². The maximum atomic E-state index is 5.70. The monoisotopic (exact) mass is 243 g/mol. The molecule has 2 atom stereocenters. The van der Waals surface area contributed by atoms with Gasteiger partial charge in [0.2, 0.25) is 0 Å². The molecule has 0 amide bonds. The molecule has 0 saturated heterocycles. The predicted octanol–water partition coefficient (Wildman–Crippen LogP) is 3.12. The number of pyridine rings is 1. The third-order valence-electron chi connectivity index (χ3n) is 3.27. The molecule has 0 N–H and O–H groups in total. The first-order valence-corrected chi connectivity index (χ1v) is 6.43. The Balaban J connectivity index is 1.79. The van der Waals surface area contributed by atoms with Crippen LogP contribution in [-0.4, -0.2) is 18.2 Å². The fourth-order valence-electron chi connectivity index (χ4n) is 2.30. The van der Waals surface area contributed by atoms with Crippen molar-refractivity contribution in [3.8, 4) is 0 Å². The molecule has 18 heavy (non-hydrogen) atoms. The van der Waals surface area contributed by atoms with Gasteiger partial charge in [0.25, 0.3) is 0 Å². The minimum absolute atomic E-state index is 0.0917. The SMILES string of the molecule is C1=CCC(c2cccc(C3CC=CCO3)n2)OC1. The highest BCUT2D eigenvalue weighted by atomic mass is 16.5. The van der Waals surface area contributed by atoms with Crippen LogP contribution < -0.4 is 0 Å². The number of aromatic nitrogens is 1. The van der Waals surface area contributed by atoms with E-state index in [-0.39, 0.29) is 12.2 Å². The lowest BCUT2D eigenvalue weighted by Crippen LogP contribution is -2.13. The lowest BCUT2D eigenvalue weighted by molar-refractivity contribution is 0.0568. The van der Waals surface area contributed by atoms with Crippen LogP contribution >= 0.6 is 0 Å². The van der Waals surface area contributed by atoms with Crippen molar-refractivity contribution in [1.82, 2.24) is 4.98 Å². The van der Waals surface area contributed by atoms with E-state index in [4.69, 9.17) is 14.5 Å². The minimum Gasteiger partial charge on any atom is -0.368 e. The van der Waals surface area contributed by atoms with E-state index >= 15 is 0 Å². The Kier molecular flexibility index (Phi) is 3.53. The summed E-state index contributed by atoms with van der Waals surface area (Å²) in [6.45, 7) is 1.36. The van der Waals surface area contributed by atoms with Crippen LogP contribution in [0.3, 0.4) is 0 Å². The highest BCUT2D eigenvalue weighted by molar-refractivity contribution is 5.18. The summed E-state index contributed by atoms with van der Waals surface area (Å²) in [6, 6.07) is 6.11. The van der Waals surface area contributed by atoms with E-state index in [1.54, 1.807) is 0 Å². The molecular weight excluding hydrogens is 226 g/mol. The van der Waals surface area contributed by atoms with Crippen molar-refractivity contribution in [3.05, 3.63) is 53.9 Å². The van der Waals surface area contributed by atoms with Gasteiger partial charge in [-0.15, -0.1) is 0 Å². The average Bonchev–Trinajstić information content (AvgIpc) is 2.49. The van der Waals surface area contributed by atoms with E-state index in [1.807, 2.05) is 18.2 Å². The molecule has 2 aliphatic rings. The molecule has 3 heteroatoms. The number of rotatable bonds is 2. The number of hydrogen-bond donors (Lipinski definition) is 0. The van der Waals surface area contributed by atoms with Gasteiger partial charge in [-0.2, -0.15) is 0 Å². The molecule has 1 aromatic rings. The first kappa shape index (κ1) is 11.6. The van der Waals surface area contributed by atoms with Gasteiger partial charge in [-0.25, -0.2) is 0 Å². The van der Waals surface area contributed by atoms with Crippen LogP contribution in [0.5, 0.6) is 0 Å². The lowest BCUT2D eigenvalue weighted by atomic mass is 10.1. The summed E-state index contributed by atoms with van der Waals surface area (Å²) in [5, 5.41) is 0. The zero-order valence-electron chi connectivity index (χ0n) is 10.3. The first-order chi connectivity index (χ1) is 8.93. The van der Waals surface area contributed by atoms with Crippen molar-refractivity contribution in [1.29, 1.82) is 0 Å². The summed E-state index contributed by atoms with van der Waals surface area (Å²) in [5.74, 6) is 0. The van der Waals surface area contributed by atoms with Gasteiger partial charge in [0, 0.05) is 0 Å². The van der Waals surface area contributed by atoms with E-state index in [0.29, 0.717) is 13.2 Å². The predicted molar refractivity (Wildman–Crippen MR) is 69.1 cm³/mol. The Morgan fingerprint density at radius 3 is 1.83 bits per heavy atom. The Hall–Kier alpha value is -1.45. The van der Waals surface area contributed by atoms with Crippen LogP contribution in [0, 0.1) is 0 Å². The van der Waals surface area contributed by atoms with Crippen molar-refractivity contribution in [3.63, 3.8) is 0 Å². The normalized spacial score (nSPS) is 27.3. The molecule has 0 aromatic carbocycles. The van der Waals surface area contributed by atoms with E-state index in [9.17, 15) is 0 Å². The summed E-state index contributed by atoms with van der Waals surface area (Å²) < 4.78 is 11.4. The van der Waals surface area contributed by atoms with Gasteiger partial charge in [-0.05, 0) is 25.0 Å². The average molecular weight is 243 g/mol. The second-order valence-corrected chi connectivity index (χ2v) is 4.55. The van der Waals surface area contributed by atoms with Crippen LogP contribution in [-0.2, 0) is 9.47 Å². The molecule has 1 aromatic heterocycles. The first-order valence-electron chi connectivity index (χ1n) is 6.43. The van der Waals surface area contributed by atoms with Gasteiger partial charge in [0.1, 0.15) is 12.2 Å². The second kappa shape index (κ2) is 5.46. The van der Waals surface area contributed by atoms with Gasteiger partial charge < -0.3 is 9.47 Å². The van der Waals surface area contributed by atoms with E-state index in [0.717, 1.165) is 24.2 Å². The molecule has 3 rings (SSSR count). The highest BCUT2D eigenvalue weighted by Gasteiger charge is 2.18. The number of nitrogens with zero attached hydrogens (tertiary/aromatic N) is 1. The summed E-state index contributed by atoms with van der Waals surface area (Å²) in [5.41, 5.74) is 2.02. The third-order valence-corrected chi connectivity index (χ3v) is 3.27. The molecule has 0 radical (unpaired) electrons. The van der Waals surface area contributed by atoms with Crippen molar-refractivity contribution in [2.75, 3.05) is 13.2 Å². The van der Waals surface area contributed by atoms with Crippen molar-refractivity contribution < 1.29 is 9.47 Å². The van der Waals surface area contributed by atoms with Gasteiger partial charge >= 0.3 is 0 Å². The molecule has 0 spiro atoms. The number of hydrogen-bond acceptors (Lipinski definition) is 3. The smallest absolute Gasteiger partial charge is 0.103 e. The Morgan fingerprint density at radius 2 is 1.39 bits per heavy atom. The fourth-order valence-corrected chi connectivity index (χ4v) is 2.30. The van der Waals surface area contributed by atoms with E-state index < -0.39 is 0 Å². The standard InChI is InChI=1S/C15H17NO2/c1-3-10-17-14(8-1)12-6-5-7-13(16-12)15-9-2-4-11-18-15/h1-7,14-15H,8-11H2. The van der Waals surface area contributed by atoms with Crippen molar-refractivity contribution in [2.45, 2.75) is 25.0 Å². The summed E-state index contributed by atoms with van der Waals surface area (Å²) in [7, 11) is 0. The molecular formula is C15H17NO2. The molecule has 0 fully saturated rings. The number of ether oxygens (including phenoxy) is 2. The molecule has 0 saturated carbocycles. The third kappa shape index (κ3) is 2.52. The Bertz CT molecular complexity index is 428. The summed E-state index contributed by atoms with van der Waals surface area (Å²) in [6.07, 6.45) is 10.4. The van der Waals surface area contributed by atoms with E-state index in [1.165, 1.54) is 0 Å². The van der Waals surface area contributed by atoms with E-state index in [2.05, 4.69) is 24.3 Å². The zero-order valence-corrected chi connectivity index (χ0v) is 10.3. The minimum atomic E-state index is 0.0917. The highest BCUT2D eigenvalue weighted by Crippen LogP contribution is 2.27.